The summed E-state index contributed by atoms with van der Waals surface area (Å²) in [6.07, 6.45) is 3.79. The van der Waals surface area contributed by atoms with E-state index in [2.05, 4.69) is 5.32 Å². The van der Waals surface area contributed by atoms with Gasteiger partial charge in [-0.05, 0) is 55.1 Å². The second-order valence-electron chi connectivity index (χ2n) is 6.54. The number of sulfonamides is 1. The van der Waals surface area contributed by atoms with Crippen molar-refractivity contribution in [1.29, 1.82) is 0 Å². The minimum absolute atomic E-state index is 0.0212. The number of fused-ring (bicyclic) bond motifs is 5. The number of nitrogens with one attached hydrogen (secondary N) is 1. The Kier molecular flexibility index (Phi) is 2.72. The van der Waals surface area contributed by atoms with E-state index in [-0.39, 0.29) is 16.7 Å². The number of hydrogen-bond donors (Lipinski definition) is 2. The number of nitrogens with two attached hydrogens (primary N) is 1. The van der Waals surface area contributed by atoms with Crippen molar-refractivity contribution in [2.45, 2.75) is 24.2 Å². The molecule has 112 valence electrons. The summed E-state index contributed by atoms with van der Waals surface area (Å²) in [5.41, 5.74) is 0.294. The van der Waals surface area contributed by atoms with Gasteiger partial charge in [0.1, 0.15) is 4.90 Å². The van der Waals surface area contributed by atoms with E-state index < -0.39 is 10.0 Å². The van der Waals surface area contributed by atoms with Crippen molar-refractivity contribution in [1.82, 2.24) is 0 Å². The van der Waals surface area contributed by atoms with Gasteiger partial charge in [0, 0.05) is 5.92 Å². The molecule has 5 nitrogen and oxygen atoms in total. The number of amides is 1. The van der Waals surface area contributed by atoms with Crippen molar-refractivity contribution in [3.8, 4) is 0 Å². The predicted octanol–water partition coefficient (Wildman–Crippen LogP) is 1.56. The van der Waals surface area contributed by atoms with Crippen LogP contribution in [0.5, 0.6) is 0 Å². The average Bonchev–Trinajstić information content (AvgIpc) is 2.87. The van der Waals surface area contributed by atoms with E-state index in [1.54, 1.807) is 18.2 Å². The molecule has 21 heavy (non-hydrogen) atoms. The number of carbonyl (C=O) groups excluding carboxylic acids is 1. The smallest absolute Gasteiger partial charge is 0.240 e. The van der Waals surface area contributed by atoms with E-state index in [0.29, 0.717) is 29.4 Å². The van der Waals surface area contributed by atoms with Gasteiger partial charge in [0.25, 0.3) is 0 Å². The molecule has 0 spiro atoms. The Hall–Kier alpha value is -1.40. The lowest BCUT2D eigenvalue weighted by molar-refractivity contribution is -0.118. The lowest BCUT2D eigenvalue weighted by atomic mass is 10.0. The Morgan fingerprint density at radius 1 is 1.14 bits per heavy atom. The molecule has 0 aliphatic heterocycles. The number of para-hydroxylation sites is 1. The lowest BCUT2D eigenvalue weighted by Gasteiger charge is -2.12. The molecule has 3 fully saturated rings. The molecule has 4 rings (SSSR count). The number of anilines is 1. The molecule has 0 aromatic heterocycles. The van der Waals surface area contributed by atoms with Crippen LogP contribution in [0.25, 0.3) is 0 Å². The van der Waals surface area contributed by atoms with Crippen LogP contribution in [0.4, 0.5) is 5.69 Å². The van der Waals surface area contributed by atoms with Gasteiger partial charge in [-0.25, -0.2) is 13.6 Å². The highest BCUT2D eigenvalue weighted by Gasteiger charge is 2.67. The van der Waals surface area contributed by atoms with Crippen LogP contribution >= 0.6 is 0 Å². The Bertz CT molecular complexity index is 699. The lowest BCUT2D eigenvalue weighted by Crippen LogP contribution is -2.21. The summed E-state index contributed by atoms with van der Waals surface area (Å²) in [6, 6.07) is 6.30. The van der Waals surface area contributed by atoms with Crippen LogP contribution in [0, 0.1) is 29.6 Å². The highest BCUT2D eigenvalue weighted by Crippen LogP contribution is 2.69. The van der Waals surface area contributed by atoms with Gasteiger partial charge in [-0.2, -0.15) is 0 Å². The van der Waals surface area contributed by atoms with E-state index in [9.17, 15) is 13.2 Å². The predicted molar refractivity (Wildman–Crippen MR) is 77.7 cm³/mol. The zero-order chi connectivity index (χ0) is 14.8. The monoisotopic (exact) mass is 306 g/mol. The summed E-state index contributed by atoms with van der Waals surface area (Å²) in [5, 5.41) is 7.97. The number of rotatable bonds is 3. The summed E-state index contributed by atoms with van der Waals surface area (Å²) in [5.74, 6) is 2.52. The molecule has 2 bridgehead atoms. The van der Waals surface area contributed by atoms with Crippen LogP contribution in [0.1, 0.15) is 19.3 Å². The van der Waals surface area contributed by atoms with Gasteiger partial charge in [0.15, 0.2) is 0 Å². The molecule has 6 heteroatoms. The molecular formula is C15H18N2O3S. The third kappa shape index (κ3) is 2.00. The molecule has 1 amide bonds. The van der Waals surface area contributed by atoms with E-state index in [0.717, 1.165) is 0 Å². The first-order chi connectivity index (χ1) is 9.97. The van der Waals surface area contributed by atoms with Gasteiger partial charge in [0.2, 0.25) is 15.9 Å². The Labute approximate surface area is 124 Å². The molecule has 1 aromatic carbocycles. The van der Waals surface area contributed by atoms with E-state index in [4.69, 9.17) is 5.14 Å². The maximum atomic E-state index is 12.4. The van der Waals surface area contributed by atoms with Crippen molar-refractivity contribution in [2.75, 3.05) is 5.32 Å². The second-order valence-corrected chi connectivity index (χ2v) is 8.07. The minimum atomic E-state index is -3.83. The normalized spacial score (nSPS) is 36.3. The molecule has 0 heterocycles. The van der Waals surface area contributed by atoms with E-state index in [1.165, 1.54) is 25.3 Å². The van der Waals surface area contributed by atoms with Crippen LogP contribution in [-0.4, -0.2) is 14.3 Å². The SMILES string of the molecule is NS(=O)(=O)c1ccccc1NC(=O)C1C2C3CCC(C3)C12. The summed E-state index contributed by atoms with van der Waals surface area (Å²) >= 11 is 0. The van der Waals surface area contributed by atoms with Gasteiger partial charge in [-0.3, -0.25) is 4.79 Å². The highest BCUT2D eigenvalue weighted by atomic mass is 32.2. The molecule has 1 aromatic rings. The van der Waals surface area contributed by atoms with Gasteiger partial charge in [0.05, 0.1) is 5.69 Å². The van der Waals surface area contributed by atoms with E-state index in [1.807, 2.05) is 0 Å². The maximum absolute atomic E-state index is 12.4. The van der Waals surface area contributed by atoms with Gasteiger partial charge in [-0.15, -0.1) is 0 Å². The van der Waals surface area contributed by atoms with Crippen molar-refractivity contribution in [3.63, 3.8) is 0 Å². The van der Waals surface area contributed by atoms with Gasteiger partial charge in [-0.1, -0.05) is 12.1 Å². The zero-order valence-electron chi connectivity index (χ0n) is 11.5. The average molecular weight is 306 g/mol. The maximum Gasteiger partial charge on any atom is 0.240 e. The quantitative estimate of drug-likeness (QED) is 0.888. The standard InChI is InChI=1S/C15H18N2O3S/c16-21(19,20)11-4-2-1-3-10(11)17-15(18)14-12-8-5-6-9(7-8)13(12)14/h1-4,8-9,12-14H,5-7H2,(H,17,18)(H2,16,19,20). The highest BCUT2D eigenvalue weighted by molar-refractivity contribution is 7.89. The summed E-state index contributed by atoms with van der Waals surface area (Å²) in [6.45, 7) is 0. The molecular weight excluding hydrogens is 288 g/mol. The molecule has 3 N–H and O–H groups in total. The summed E-state index contributed by atoms with van der Waals surface area (Å²) < 4.78 is 23.1. The molecule has 4 unspecified atom stereocenters. The van der Waals surface area contributed by atoms with Crippen LogP contribution < -0.4 is 10.5 Å². The Balaban J connectivity index is 1.54. The number of carbonyl (C=O) groups is 1. The summed E-state index contributed by atoms with van der Waals surface area (Å²) in [7, 11) is -3.83. The fourth-order valence-corrected chi connectivity index (χ4v) is 5.40. The second kappa shape index (κ2) is 4.30. The fraction of sp³-hybridized carbons (Fsp3) is 0.533. The van der Waals surface area contributed by atoms with Crippen molar-refractivity contribution >= 4 is 21.6 Å². The van der Waals surface area contributed by atoms with Gasteiger partial charge >= 0.3 is 0 Å². The van der Waals surface area contributed by atoms with Crippen LogP contribution in [0.3, 0.4) is 0 Å². The van der Waals surface area contributed by atoms with Crippen molar-refractivity contribution < 1.29 is 13.2 Å². The van der Waals surface area contributed by atoms with Gasteiger partial charge < -0.3 is 5.32 Å². The van der Waals surface area contributed by atoms with Crippen LogP contribution in [0.2, 0.25) is 0 Å². The molecule has 0 saturated heterocycles. The Morgan fingerprint density at radius 2 is 1.76 bits per heavy atom. The largest absolute Gasteiger partial charge is 0.325 e. The third-order valence-corrected chi connectivity index (χ3v) is 6.46. The first kappa shape index (κ1) is 13.3. The first-order valence-corrected chi connectivity index (χ1v) is 8.94. The Morgan fingerprint density at radius 3 is 2.38 bits per heavy atom. The number of primary sulfonamides is 1. The fourth-order valence-electron chi connectivity index (χ4n) is 4.71. The van der Waals surface area contributed by atoms with Crippen molar-refractivity contribution in [3.05, 3.63) is 24.3 Å². The first-order valence-electron chi connectivity index (χ1n) is 7.39. The molecule has 3 aliphatic rings. The molecule has 4 atom stereocenters. The topological polar surface area (TPSA) is 89.3 Å². The minimum Gasteiger partial charge on any atom is -0.325 e. The van der Waals surface area contributed by atoms with Crippen LogP contribution in [-0.2, 0) is 14.8 Å². The molecule has 3 aliphatic carbocycles. The number of benzene rings is 1. The van der Waals surface area contributed by atoms with Crippen molar-refractivity contribution in [2.24, 2.45) is 34.7 Å². The number of hydrogen-bond acceptors (Lipinski definition) is 3. The molecule has 0 radical (unpaired) electrons. The zero-order valence-corrected chi connectivity index (χ0v) is 12.3. The molecule has 3 saturated carbocycles. The van der Waals surface area contributed by atoms with Crippen LogP contribution in [0.15, 0.2) is 29.2 Å². The third-order valence-electron chi connectivity index (χ3n) is 5.49. The summed E-state index contributed by atoms with van der Waals surface area (Å²) in [4.78, 5) is 12.4. The van der Waals surface area contributed by atoms with E-state index >= 15 is 0 Å².